The van der Waals surface area contributed by atoms with Crippen molar-refractivity contribution in [2.75, 3.05) is 13.1 Å². The molecule has 1 fully saturated rings. The number of aromatic nitrogens is 2. The van der Waals surface area contributed by atoms with Crippen LogP contribution in [0.4, 0.5) is 0 Å². The summed E-state index contributed by atoms with van der Waals surface area (Å²) in [5.74, 6) is 1.16. The van der Waals surface area contributed by atoms with E-state index in [2.05, 4.69) is 22.6 Å². The number of aliphatic hydroxyl groups excluding tert-OH is 1. The molecule has 3 rings (SSSR count). The van der Waals surface area contributed by atoms with Crippen LogP contribution in [0.5, 0.6) is 0 Å². The molecule has 0 amide bonds. The Labute approximate surface area is 109 Å². The van der Waals surface area contributed by atoms with Gasteiger partial charge in [0.05, 0.1) is 17.8 Å². The summed E-state index contributed by atoms with van der Waals surface area (Å²) in [4.78, 5) is 7.35. The predicted octanol–water partition coefficient (Wildman–Crippen LogP) is 1.74. The molecule has 2 unspecified atom stereocenters. The first-order valence-electron chi connectivity index (χ1n) is 7.26. The fourth-order valence-electron chi connectivity index (χ4n) is 3.31. The summed E-state index contributed by atoms with van der Waals surface area (Å²) in [5, 5.41) is 9.71. The van der Waals surface area contributed by atoms with Gasteiger partial charge >= 0.3 is 0 Å². The van der Waals surface area contributed by atoms with Crippen molar-refractivity contribution < 1.29 is 5.11 Å². The van der Waals surface area contributed by atoms with Crippen LogP contribution in [-0.2, 0) is 13.0 Å². The molecule has 0 saturated carbocycles. The molecule has 0 radical (unpaired) electrons. The molecule has 2 atom stereocenters. The van der Waals surface area contributed by atoms with Gasteiger partial charge in [-0.3, -0.25) is 4.90 Å². The van der Waals surface area contributed by atoms with Crippen molar-refractivity contribution in [2.24, 2.45) is 0 Å². The Hall–Kier alpha value is -0.870. The molecule has 18 heavy (non-hydrogen) atoms. The third-order valence-corrected chi connectivity index (χ3v) is 4.35. The molecule has 1 aromatic heterocycles. The lowest BCUT2D eigenvalue weighted by Crippen LogP contribution is -2.33. The molecular formula is C14H23N3O. The van der Waals surface area contributed by atoms with Gasteiger partial charge in [0.2, 0.25) is 0 Å². The van der Waals surface area contributed by atoms with Crippen molar-refractivity contribution in [3.05, 3.63) is 17.7 Å². The fourth-order valence-corrected chi connectivity index (χ4v) is 3.31. The molecule has 2 aliphatic rings. The van der Waals surface area contributed by atoms with Gasteiger partial charge in [0.15, 0.2) is 0 Å². The SMILES string of the molecule is CCN1CCCCC1c1cn2c(n1)CCC(O)C2. The highest BCUT2D eigenvalue weighted by Crippen LogP contribution is 2.30. The first-order valence-corrected chi connectivity index (χ1v) is 7.26. The molecule has 0 aliphatic carbocycles. The van der Waals surface area contributed by atoms with Crippen LogP contribution in [0.15, 0.2) is 6.20 Å². The molecule has 0 bridgehead atoms. The molecular weight excluding hydrogens is 226 g/mol. The van der Waals surface area contributed by atoms with Gasteiger partial charge in [0.1, 0.15) is 5.82 Å². The number of likely N-dealkylation sites (tertiary alicyclic amines) is 1. The average Bonchev–Trinajstić information content (AvgIpc) is 2.81. The van der Waals surface area contributed by atoms with Crippen LogP contribution in [0.3, 0.4) is 0 Å². The Morgan fingerprint density at radius 3 is 3.11 bits per heavy atom. The number of aryl methyl sites for hydroxylation is 1. The lowest BCUT2D eigenvalue weighted by Gasteiger charge is -2.33. The number of imidazole rings is 1. The van der Waals surface area contributed by atoms with Gasteiger partial charge < -0.3 is 9.67 Å². The van der Waals surface area contributed by atoms with E-state index in [-0.39, 0.29) is 6.10 Å². The monoisotopic (exact) mass is 249 g/mol. The molecule has 0 spiro atoms. The smallest absolute Gasteiger partial charge is 0.109 e. The maximum Gasteiger partial charge on any atom is 0.109 e. The third-order valence-electron chi connectivity index (χ3n) is 4.35. The highest BCUT2D eigenvalue weighted by atomic mass is 16.3. The molecule has 100 valence electrons. The minimum atomic E-state index is -0.187. The Morgan fingerprint density at radius 2 is 2.28 bits per heavy atom. The fraction of sp³-hybridized carbons (Fsp3) is 0.786. The first-order chi connectivity index (χ1) is 8.78. The van der Waals surface area contributed by atoms with E-state index in [9.17, 15) is 5.11 Å². The third kappa shape index (κ3) is 2.19. The molecule has 4 heteroatoms. The summed E-state index contributed by atoms with van der Waals surface area (Å²) >= 11 is 0. The molecule has 1 saturated heterocycles. The zero-order valence-electron chi connectivity index (χ0n) is 11.2. The number of aliphatic hydroxyl groups is 1. The van der Waals surface area contributed by atoms with Crippen LogP contribution in [0.25, 0.3) is 0 Å². The molecule has 1 N–H and O–H groups in total. The van der Waals surface area contributed by atoms with Crippen molar-refractivity contribution in [3.8, 4) is 0 Å². The average molecular weight is 249 g/mol. The summed E-state index contributed by atoms with van der Waals surface area (Å²) in [5.41, 5.74) is 1.22. The van der Waals surface area contributed by atoms with Crippen molar-refractivity contribution in [1.82, 2.24) is 14.5 Å². The first kappa shape index (κ1) is 12.2. The maximum atomic E-state index is 9.71. The van der Waals surface area contributed by atoms with Crippen molar-refractivity contribution in [3.63, 3.8) is 0 Å². The number of hydrogen-bond acceptors (Lipinski definition) is 3. The Bertz CT molecular complexity index is 415. The van der Waals surface area contributed by atoms with Gasteiger partial charge in [-0.25, -0.2) is 4.98 Å². The van der Waals surface area contributed by atoms with Crippen LogP contribution in [0.2, 0.25) is 0 Å². The van der Waals surface area contributed by atoms with E-state index in [4.69, 9.17) is 4.98 Å². The van der Waals surface area contributed by atoms with E-state index in [0.717, 1.165) is 31.8 Å². The standard InChI is InChI=1S/C14H23N3O/c1-2-16-8-4-3-5-13(16)12-10-17-9-11(18)6-7-14(17)15-12/h10-11,13,18H,2-9H2,1H3. The molecule has 1 aromatic rings. The zero-order chi connectivity index (χ0) is 12.5. The van der Waals surface area contributed by atoms with Crippen LogP contribution in [-0.4, -0.2) is 38.8 Å². The van der Waals surface area contributed by atoms with Crippen LogP contribution < -0.4 is 0 Å². The van der Waals surface area contributed by atoms with Crippen molar-refractivity contribution >= 4 is 0 Å². The van der Waals surface area contributed by atoms with E-state index >= 15 is 0 Å². The number of fused-ring (bicyclic) bond motifs is 1. The van der Waals surface area contributed by atoms with E-state index in [1.165, 1.54) is 31.5 Å². The number of piperidine rings is 1. The number of nitrogens with zero attached hydrogens (tertiary/aromatic N) is 3. The van der Waals surface area contributed by atoms with Gasteiger partial charge in [0, 0.05) is 19.2 Å². The summed E-state index contributed by atoms with van der Waals surface area (Å²) in [7, 11) is 0. The zero-order valence-corrected chi connectivity index (χ0v) is 11.2. The normalized spacial score (nSPS) is 29.2. The highest BCUT2D eigenvalue weighted by molar-refractivity contribution is 5.12. The summed E-state index contributed by atoms with van der Waals surface area (Å²) in [6, 6.07) is 0.499. The second-order valence-electron chi connectivity index (χ2n) is 5.57. The summed E-state index contributed by atoms with van der Waals surface area (Å²) in [6.45, 7) is 5.26. The Kier molecular flexibility index (Phi) is 3.39. The Morgan fingerprint density at radius 1 is 1.39 bits per heavy atom. The van der Waals surface area contributed by atoms with Crippen LogP contribution in [0.1, 0.15) is 50.2 Å². The topological polar surface area (TPSA) is 41.3 Å². The largest absolute Gasteiger partial charge is 0.391 e. The lowest BCUT2D eigenvalue weighted by molar-refractivity contribution is 0.130. The minimum absolute atomic E-state index is 0.187. The Balaban J connectivity index is 1.83. The van der Waals surface area contributed by atoms with Gasteiger partial charge in [0.25, 0.3) is 0 Å². The van der Waals surface area contributed by atoms with Crippen molar-refractivity contribution in [2.45, 2.75) is 57.7 Å². The predicted molar refractivity (Wildman–Crippen MR) is 70.4 cm³/mol. The van der Waals surface area contributed by atoms with E-state index in [0.29, 0.717) is 6.04 Å². The van der Waals surface area contributed by atoms with Gasteiger partial charge in [-0.05, 0) is 32.4 Å². The summed E-state index contributed by atoms with van der Waals surface area (Å²) in [6.07, 6.45) is 7.62. The molecule has 3 heterocycles. The van der Waals surface area contributed by atoms with Crippen molar-refractivity contribution in [1.29, 1.82) is 0 Å². The second-order valence-corrected chi connectivity index (χ2v) is 5.57. The van der Waals surface area contributed by atoms with E-state index < -0.39 is 0 Å². The second kappa shape index (κ2) is 5.02. The maximum absolute atomic E-state index is 9.71. The highest BCUT2D eigenvalue weighted by Gasteiger charge is 2.27. The quantitative estimate of drug-likeness (QED) is 0.868. The molecule has 4 nitrogen and oxygen atoms in total. The van der Waals surface area contributed by atoms with Crippen LogP contribution >= 0.6 is 0 Å². The lowest BCUT2D eigenvalue weighted by atomic mass is 10.00. The minimum Gasteiger partial charge on any atom is -0.391 e. The molecule has 0 aromatic carbocycles. The van der Waals surface area contributed by atoms with E-state index in [1.807, 2.05) is 0 Å². The summed E-state index contributed by atoms with van der Waals surface area (Å²) < 4.78 is 2.16. The van der Waals surface area contributed by atoms with Gasteiger partial charge in [-0.15, -0.1) is 0 Å². The molecule has 2 aliphatic heterocycles. The van der Waals surface area contributed by atoms with Crippen LogP contribution in [0, 0.1) is 0 Å². The van der Waals surface area contributed by atoms with Gasteiger partial charge in [-0.1, -0.05) is 13.3 Å². The van der Waals surface area contributed by atoms with Gasteiger partial charge in [-0.2, -0.15) is 0 Å². The number of hydrogen-bond donors (Lipinski definition) is 1. The number of rotatable bonds is 2. The van der Waals surface area contributed by atoms with E-state index in [1.54, 1.807) is 0 Å².